The summed E-state index contributed by atoms with van der Waals surface area (Å²) in [7, 11) is 0. The Bertz CT molecular complexity index is 750. The van der Waals surface area contributed by atoms with E-state index >= 15 is 0 Å². The van der Waals surface area contributed by atoms with Crippen LogP contribution in [0.2, 0.25) is 0 Å². The number of hydrogen-bond donors (Lipinski definition) is 1. The molecule has 0 fully saturated rings. The summed E-state index contributed by atoms with van der Waals surface area (Å²) >= 11 is 3.20. The van der Waals surface area contributed by atoms with Crippen molar-refractivity contribution in [1.82, 2.24) is 9.97 Å². The first-order valence-electron chi connectivity index (χ1n) is 6.41. The maximum absolute atomic E-state index is 12.0. The molecule has 0 aromatic carbocycles. The van der Waals surface area contributed by atoms with Gasteiger partial charge in [-0.2, -0.15) is 11.3 Å². The molecule has 0 radical (unpaired) electrons. The van der Waals surface area contributed by atoms with Crippen LogP contribution in [0.15, 0.2) is 40.5 Å². The molecule has 106 valence electrons. The molecule has 0 aliphatic rings. The molecule has 21 heavy (non-hydrogen) atoms. The fraction of sp³-hybridized carbons (Fsp3) is 0.133. The van der Waals surface area contributed by atoms with E-state index in [0.717, 1.165) is 21.8 Å². The number of nitrogens with zero attached hydrogens (tertiary/aromatic N) is 2. The van der Waals surface area contributed by atoms with Gasteiger partial charge in [0.1, 0.15) is 10.8 Å². The highest BCUT2D eigenvalue weighted by Crippen LogP contribution is 2.25. The van der Waals surface area contributed by atoms with E-state index in [4.69, 9.17) is 0 Å². The van der Waals surface area contributed by atoms with E-state index in [0.29, 0.717) is 5.82 Å². The fourth-order valence-corrected chi connectivity index (χ4v) is 3.40. The summed E-state index contributed by atoms with van der Waals surface area (Å²) in [6.45, 7) is 1.92. The first kappa shape index (κ1) is 13.9. The topological polar surface area (TPSA) is 54.9 Å². The Morgan fingerprint density at radius 1 is 1.33 bits per heavy atom. The lowest BCUT2D eigenvalue weighted by atomic mass is 10.2. The highest BCUT2D eigenvalue weighted by Gasteiger charge is 2.10. The number of pyridine rings is 1. The zero-order valence-electron chi connectivity index (χ0n) is 11.4. The smallest absolute Gasteiger partial charge is 0.231 e. The molecule has 0 unspecified atom stereocenters. The van der Waals surface area contributed by atoms with Gasteiger partial charge < -0.3 is 5.32 Å². The summed E-state index contributed by atoms with van der Waals surface area (Å²) in [6.07, 6.45) is 1.93. The van der Waals surface area contributed by atoms with Crippen LogP contribution in [0.1, 0.15) is 11.3 Å². The van der Waals surface area contributed by atoms with Gasteiger partial charge in [0.2, 0.25) is 5.91 Å². The summed E-state index contributed by atoms with van der Waals surface area (Å²) in [5, 5.41) is 9.78. The van der Waals surface area contributed by atoms with E-state index in [9.17, 15) is 4.79 Å². The Kier molecular flexibility index (Phi) is 4.08. The number of aryl methyl sites for hydroxylation is 1. The van der Waals surface area contributed by atoms with Crippen LogP contribution in [-0.4, -0.2) is 15.9 Å². The number of rotatable bonds is 4. The molecule has 0 atom stereocenters. The molecule has 0 saturated heterocycles. The fourth-order valence-electron chi connectivity index (χ4n) is 1.86. The van der Waals surface area contributed by atoms with Crippen molar-refractivity contribution in [3.05, 3.63) is 51.8 Å². The van der Waals surface area contributed by atoms with Crippen molar-refractivity contribution in [3.63, 3.8) is 0 Å². The van der Waals surface area contributed by atoms with Gasteiger partial charge in [0.05, 0.1) is 12.1 Å². The molecule has 1 amide bonds. The van der Waals surface area contributed by atoms with Crippen molar-refractivity contribution < 1.29 is 4.79 Å². The normalized spacial score (nSPS) is 10.5. The Balaban J connectivity index is 1.67. The van der Waals surface area contributed by atoms with Crippen LogP contribution >= 0.6 is 22.7 Å². The lowest BCUT2D eigenvalue weighted by Crippen LogP contribution is -2.16. The van der Waals surface area contributed by atoms with E-state index in [1.54, 1.807) is 28.9 Å². The highest BCUT2D eigenvalue weighted by molar-refractivity contribution is 7.14. The number of carbonyl (C=O) groups excluding carboxylic acids is 1. The van der Waals surface area contributed by atoms with Gasteiger partial charge in [-0.1, -0.05) is 6.07 Å². The minimum atomic E-state index is -0.0982. The molecule has 0 spiro atoms. The third-order valence-corrected chi connectivity index (χ3v) is 4.55. The summed E-state index contributed by atoms with van der Waals surface area (Å²) in [5.74, 6) is 0.509. The maximum atomic E-state index is 12.0. The minimum absolute atomic E-state index is 0.0982. The monoisotopic (exact) mass is 315 g/mol. The van der Waals surface area contributed by atoms with Gasteiger partial charge in [-0.3, -0.25) is 4.79 Å². The number of thiazole rings is 1. The third kappa shape index (κ3) is 3.34. The van der Waals surface area contributed by atoms with Gasteiger partial charge in [-0.05, 0) is 30.0 Å². The second-order valence-corrected chi connectivity index (χ2v) is 6.19. The Labute approximate surface area is 130 Å². The molecule has 0 aliphatic carbocycles. The molecule has 0 aliphatic heterocycles. The van der Waals surface area contributed by atoms with Crippen molar-refractivity contribution in [2.45, 2.75) is 13.3 Å². The van der Waals surface area contributed by atoms with Crippen molar-refractivity contribution in [3.8, 4) is 10.6 Å². The van der Waals surface area contributed by atoms with Crippen molar-refractivity contribution in [1.29, 1.82) is 0 Å². The minimum Gasteiger partial charge on any atom is -0.310 e. The van der Waals surface area contributed by atoms with Gasteiger partial charge in [0, 0.05) is 22.5 Å². The molecule has 3 heterocycles. The second-order valence-electron chi connectivity index (χ2n) is 4.55. The number of aromatic nitrogens is 2. The Morgan fingerprint density at radius 3 is 3.00 bits per heavy atom. The molecule has 3 aromatic heterocycles. The summed E-state index contributed by atoms with van der Waals surface area (Å²) in [4.78, 5) is 20.7. The van der Waals surface area contributed by atoms with Crippen molar-refractivity contribution in [2.75, 3.05) is 5.32 Å². The molecular formula is C15H13N3OS2. The first-order chi connectivity index (χ1) is 10.2. The largest absolute Gasteiger partial charge is 0.310 e. The lowest BCUT2D eigenvalue weighted by molar-refractivity contribution is -0.115. The Morgan fingerprint density at radius 2 is 2.24 bits per heavy atom. The zero-order chi connectivity index (χ0) is 14.7. The average molecular weight is 315 g/mol. The standard InChI is InChI=1S/C15H13N3OS2/c1-10-3-2-5-16-14(10)18-13(19)7-12-9-21-15(17-12)11-4-6-20-8-11/h2-6,8-9H,7H2,1H3,(H,16,18,19). The predicted octanol–water partition coefficient (Wildman–Crippen LogP) is 3.76. The summed E-state index contributed by atoms with van der Waals surface area (Å²) in [6, 6.07) is 5.79. The quantitative estimate of drug-likeness (QED) is 0.797. The predicted molar refractivity (Wildman–Crippen MR) is 86.7 cm³/mol. The van der Waals surface area contributed by atoms with Crippen molar-refractivity contribution >= 4 is 34.4 Å². The third-order valence-electron chi connectivity index (χ3n) is 2.93. The van der Waals surface area contributed by atoms with Gasteiger partial charge in [-0.15, -0.1) is 11.3 Å². The van der Waals surface area contributed by atoms with Crippen LogP contribution in [0.5, 0.6) is 0 Å². The zero-order valence-corrected chi connectivity index (χ0v) is 13.0. The molecule has 1 N–H and O–H groups in total. The van der Waals surface area contributed by atoms with Crippen LogP contribution < -0.4 is 5.32 Å². The van der Waals surface area contributed by atoms with E-state index in [1.807, 2.05) is 35.9 Å². The molecular weight excluding hydrogens is 302 g/mol. The average Bonchev–Trinajstić information content (AvgIpc) is 3.12. The SMILES string of the molecule is Cc1cccnc1NC(=O)Cc1csc(-c2ccsc2)n1. The van der Waals surface area contributed by atoms with E-state index in [-0.39, 0.29) is 12.3 Å². The van der Waals surface area contributed by atoms with Gasteiger partial charge in [-0.25, -0.2) is 9.97 Å². The van der Waals surface area contributed by atoms with Crippen LogP contribution in [0.25, 0.3) is 10.6 Å². The van der Waals surface area contributed by atoms with Gasteiger partial charge >= 0.3 is 0 Å². The van der Waals surface area contributed by atoms with E-state index in [1.165, 1.54) is 0 Å². The van der Waals surface area contributed by atoms with Crippen LogP contribution in [0.4, 0.5) is 5.82 Å². The maximum Gasteiger partial charge on any atom is 0.231 e. The first-order valence-corrected chi connectivity index (χ1v) is 8.23. The number of anilines is 1. The molecule has 3 aromatic rings. The second kappa shape index (κ2) is 6.15. The molecule has 4 nitrogen and oxygen atoms in total. The van der Waals surface area contributed by atoms with Crippen LogP contribution in [-0.2, 0) is 11.2 Å². The van der Waals surface area contributed by atoms with Crippen molar-refractivity contribution in [2.24, 2.45) is 0 Å². The highest BCUT2D eigenvalue weighted by atomic mass is 32.1. The number of nitrogens with one attached hydrogen (secondary N) is 1. The Hall–Kier alpha value is -2.05. The number of thiophene rings is 1. The van der Waals surface area contributed by atoms with E-state index in [2.05, 4.69) is 20.7 Å². The number of carbonyl (C=O) groups is 1. The summed E-state index contributed by atoms with van der Waals surface area (Å²) in [5.41, 5.74) is 2.84. The van der Waals surface area contributed by atoms with Gasteiger partial charge in [0.25, 0.3) is 0 Å². The van der Waals surface area contributed by atoms with Crippen LogP contribution in [0.3, 0.4) is 0 Å². The molecule has 6 heteroatoms. The van der Waals surface area contributed by atoms with E-state index < -0.39 is 0 Å². The molecule has 0 saturated carbocycles. The summed E-state index contributed by atoms with van der Waals surface area (Å²) < 4.78 is 0. The van der Waals surface area contributed by atoms with Crippen LogP contribution in [0, 0.1) is 6.92 Å². The van der Waals surface area contributed by atoms with Gasteiger partial charge in [0.15, 0.2) is 0 Å². The lowest BCUT2D eigenvalue weighted by Gasteiger charge is -2.05. The number of hydrogen-bond acceptors (Lipinski definition) is 5. The molecule has 3 rings (SSSR count). The molecule has 0 bridgehead atoms. The number of amides is 1.